The number of nitrogens with one attached hydrogen (secondary N) is 1. The van der Waals surface area contributed by atoms with Gasteiger partial charge in [-0.25, -0.2) is 0 Å². The first-order valence-corrected chi connectivity index (χ1v) is 10.6. The lowest BCUT2D eigenvalue weighted by Gasteiger charge is -2.07. The van der Waals surface area contributed by atoms with Crippen LogP contribution in [-0.4, -0.2) is 9.91 Å². The van der Waals surface area contributed by atoms with E-state index in [1.165, 1.54) is 6.07 Å². The second-order valence-electron chi connectivity index (χ2n) is 7.29. The Labute approximate surface area is 187 Å². The normalized spacial score (nSPS) is 11.0. The zero-order valence-electron chi connectivity index (χ0n) is 16.4. The lowest BCUT2D eigenvalue weighted by Crippen LogP contribution is -1.92. The molecule has 0 saturated carbocycles. The van der Waals surface area contributed by atoms with E-state index in [4.69, 9.17) is 0 Å². The van der Waals surface area contributed by atoms with E-state index in [0.29, 0.717) is 5.56 Å². The van der Waals surface area contributed by atoms with Gasteiger partial charge in [0.15, 0.2) is 0 Å². The summed E-state index contributed by atoms with van der Waals surface area (Å²) in [6, 6.07) is 31.4. The van der Waals surface area contributed by atoms with Gasteiger partial charge in [-0.05, 0) is 41.0 Å². The first-order chi connectivity index (χ1) is 15.1. The molecule has 0 fully saturated rings. The Bertz CT molecular complexity index is 1410. The van der Waals surface area contributed by atoms with Crippen LogP contribution in [0, 0.1) is 10.1 Å². The van der Waals surface area contributed by atoms with E-state index in [2.05, 4.69) is 45.2 Å². The maximum Gasteiger partial charge on any atom is 0.277 e. The number of hydrogen-bond acceptors (Lipinski definition) is 2. The Kier molecular flexibility index (Phi) is 4.88. The first-order valence-electron chi connectivity index (χ1n) is 9.83. The minimum Gasteiger partial charge on any atom is -0.354 e. The van der Waals surface area contributed by atoms with Gasteiger partial charge in [0, 0.05) is 27.0 Å². The van der Waals surface area contributed by atoms with Gasteiger partial charge < -0.3 is 4.98 Å². The number of nitro groups is 1. The van der Waals surface area contributed by atoms with Crippen LogP contribution in [0.25, 0.3) is 44.4 Å². The topological polar surface area (TPSA) is 58.9 Å². The lowest BCUT2D eigenvalue weighted by atomic mass is 9.96. The Hall–Kier alpha value is -3.70. The molecule has 0 amide bonds. The third kappa shape index (κ3) is 3.53. The highest BCUT2D eigenvalue weighted by atomic mass is 79.9. The summed E-state index contributed by atoms with van der Waals surface area (Å²) in [5.74, 6) is 0. The molecule has 150 valence electrons. The molecular weight excluding hydrogens is 452 g/mol. The number of benzene rings is 4. The second-order valence-corrected chi connectivity index (χ2v) is 8.20. The number of rotatable bonds is 4. The SMILES string of the molecule is O=[N+]([O-])c1ccc(Br)cc1-c1ccc2[nH]c(-c3ccccc3)c(-c3ccccc3)c2c1. The number of nitro benzene ring substituents is 1. The molecule has 0 radical (unpaired) electrons. The molecule has 5 aromatic rings. The maximum atomic E-state index is 11.6. The average molecular weight is 469 g/mol. The molecule has 0 unspecified atom stereocenters. The summed E-state index contributed by atoms with van der Waals surface area (Å²) in [5, 5.41) is 12.7. The largest absolute Gasteiger partial charge is 0.354 e. The van der Waals surface area contributed by atoms with Gasteiger partial charge in [0.05, 0.1) is 16.2 Å². The van der Waals surface area contributed by atoms with Crippen LogP contribution in [0.5, 0.6) is 0 Å². The van der Waals surface area contributed by atoms with Crippen LogP contribution in [0.3, 0.4) is 0 Å². The van der Waals surface area contributed by atoms with Gasteiger partial charge in [0.1, 0.15) is 0 Å². The maximum absolute atomic E-state index is 11.6. The molecule has 1 aromatic heterocycles. The molecule has 5 heteroatoms. The molecule has 4 nitrogen and oxygen atoms in total. The lowest BCUT2D eigenvalue weighted by molar-refractivity contribution is -0.384. The van der Waals surface area contributed by atoms with Crippen molar-refractivity contribution in [2.75, 3.05) is 0 Å². The van der Waals surface area contributed by atoms with E-state index >= 15 is 0 Å². The fraction of sp³-hybridized carbons (Fsp3) is 0. The van der Waals surface area contributed by atoms with Gasteiger partial charge in [-0.2, -0.15) is 0 Å². The van der Waals surface area contributed by atoms with Crippen LogP contribution in [0.1, 0.15) is 0 Å². The van der Waals surface area contributed by atoms with Crippen molar-refractivity contribution in [3.63, 3.8) is 0 Å². The van der Waals surface area contributed by atoms with Gasteiger partial charge in [0.2, 0.25) is 0 Å². The summed E-state index contributed by atoms with van der Waals surface area (Å²) >= 11 is 3.45. The molecule has 5 rings (SSSR count). The van der Waals surface area contributed by atoms with Crippen molar-refractivity contribution in [2.45, 2.75) is 0 Å². The van der Waals surface area contributed by atoms with Crippen LogP contribution in [0.2, 0.25) is 0 Å². The number of aromatic amines is 1. The minimum absolute atomic E-state index is 0.0858. The second kappa shape index (κ2) is 7.85. The van der Waals surface area contributed by atoms with E-state index in [0.717, 1.165) is 43.3 Å². The van der Waals surface area contributed by atoms with Crippen molar-refractivity contribution >= 4 is 32.5 Å². The average Bonchev–Trinajstić information content (AvgIpc) is 3.19. The highest BCUT2D eigenvalue weighted by Crippen LogP contribution is 2.41. The molecule has 0 aliphatic rings. The molecule has 0 spiro atoms. The van der Waals surface area contributed by atoms with Crippen molar-refractivity contribution in [2.24, 2.45) is 0 Å². The molecular formula is C26H17BrN2O2. The number of hydrogen-bond donors (Lipinski definition) is 1. The van der Waals surface area contributed by atoms with Crippen molar-refractivity contribution in [1.29, 1.82) is 0 Å². The van der Waals surface area contributed by atoms with Crippen molar-refractivity contribution in [3.8, 4) is 33.5 Å². The van der Waals surface area contributed by atoms with E-state index in [9.17, 15) is 10.1 Å². The Balaban J connectivity index is 1.80. The predicted octanol–water partition coefficient (Wildman–Crippen LogP) is 7.84. The third-order valence-electron chi connectivity index (χ3n) is 5.39. The number of aromatic nitrogens is 1. The molecule has 31 heavy (non-hydrogen) atoms. The molecule has 1 heterocycles. The molecule has 4 aromatic carbocycles. The summed E-state index contributed by atoms with van der Waals surface area (Å²) in [6.07, 6.45) is 0. The summed E-state index contributed by atoms with van der Waals surface area (Å²) in [7, 11) is 0. The van der Waals surface area contributed by atoms with Crippen molar-refractivity contribution in [3.05, 3.63) is 112 Å². The Morgan fingerprint density at radius 1 is 0.742 bits per heavy atom. The highest BCUT2D eigenvalue weighted by molar-refractivity contribution is 9.10. The van der Waals surface area contributed by atoms with Crippen molar-refractivity contribution < 1.29 is 4.92 Å². The van der Waals surface area contributed by atoms with E-state index in [1.54, 1.807) is 12.1 Å². The third-order valence-corrected chi connectivity index (χ3v) is 5.88. The fourth-order valence-electron chi connectivity index (χ4n) is 3.98. The smallest absolute Gasteiger partial charge is 0.277 e. The molecule has 0 aliphatic carbocycles. The number of nitrogens with zero attached hydrogens (tertiary/aromatic N) is 1. The van der Waals surface area contributed by atoms with Crippen molar-refractivity contribution in [1.82, 2.24) is 4.98 Å². The van der Waals surface area contributed by atoms with E-state index in [1.807, 2.05) is 54.6 Å². The number of halogens is 1. The highest BCUT2D eigenvalue weighted by Gasteiger charge is 2.19. The summed E-state index contributed by atoms with van der Waals surface area (Å²) < 4.78 is 0.801. The van der Waals surface area contributed by atoms with E-state index in [-0.39, 0.29) is 10.6 Å². The molecule has 0 atom stereocenters. The number of fused-ring (bicyclic) bond motifs is 1. The van der Waals surface area contributed by atoms with Crippen LogP contribution >= 0.6 is 15.9 Å². The molecule has 1 N–H and O–H groups in total. The number of H-pyrrole nitrogens is 1. The quantitative estimate of drug-likeness (QED) is 0.215. The predicted molar refractivity (Wildman–Crippen MR) is 129 cm³/mol. The summed E-state index contributed by atoms with van der Waals surface area (Å²) in [4.78, 5) is 14.9. The fourth-order valence-corrected chi connectivity index (χ4v) is 4.35. The van der Waals surface area contributed by atoms with Crippen LogP contribution in [0.15, 0.2) is 102 Å². The summed E-state index contributed by atoms with van der Waals surface area (Å²) in [6.45, 7) is 0. The van der Waals surface area contributed by atoms with Gasteiger partial charge >= 0.3 is 0 Å². The molecule has 0 bridgehead atoms. The van der Waals surface area contributed by atoms with Crippen LogP contribution < -0.4 is 0 Å². The van der Waals surface area contributed by atoms with Crippen LogP contribution in [-0.2, 0) is 0 Å². The van der Waals surface area contributed by atoms with Gasteiger partial charge in [-0.15, -0.1) is 0 Å². The van der Waals surface area contributed by atoms with Gasteiger partial charge in [0.25, 0.3) is 5.69 Å². The van der Waals surface area contributed by atoms with E-state index < -0.39 is 0 Å². The summed E-state index contributed by atoms with van der Waals surface area (Å²) in [5.41, 5.74) is 6.76. The minimum atomic E-state index is -0.337. The Morgan fingerprint density at radius 3 is 2.10 bits per heavy atom. The molecule has 0 aliphatic heterocycles. The standard InChI is InChI=1S/C26H17BrN2O2/c27-20-12-14-24(29(30)31)21(16-20)19-11-13-23-22(15-19)25(17-7-3-1-4-8-17)26(28-23)18-9-5-2-6-10-18/h1-16,28H. The Morgan fingerprint density at radius 2 is 1.42 bits per heavy atom. The van der Waals surface area contributed by atoms with Gasteiger partial charge in [-0.1, -0.05) is 82.7 Å². The zero-order valence-corrected chi connectivity index (χ0v) is 18.0. The first kappa shape index (κ1) is 19.3. The monoisotopic (exact) mass is 468 g/mol. The van der Waals surface area contributed by atoms with Crippen LogP contribution in [0.4, 0.5) is 5.69 Å². The van der Waals surface area contributed by atoms with Gasteiger partial charge in [-0.3, -0.25) is 10.1 Å². The zero-order chi connectivity index (χ0) is 21.4. The molecule has 0 saturated heterocycles.